The summed E-state index contributed by atoms with van der Waals surface area (Å²) in [6.07, 6.45) is 6.67. The first-order chi connectivity index (χ1) is 15.2. The number of Topliss-reactive ketones (excluding diaryl/α,β-unsaturated/α-hetero) is 1. The van der Waals surface area contributed by atoms with Crippen molar-refractivity contribution in [1.29, 1.82) is 0 Å². The van der Waals surface area contributed by atoms with Crippen molar-refractivity contribution >= 4 is 33.1 Å². The zero-order valence-electron chi connectivity index (χ0n) is 19.3. The van der Waals surface area contributed by atoms with Crippen molar-refractivity contribution in [3.63, 3.8) is 0 Å². The molecule has 32 heavy (non-hydrogen) atoms. The number of carboxylic acid groups (broad SMARTS) is 1. The van der Waals surface area contributed by atoms with Gasteiger partial charge in [0.15, 0.2) is 0 Å². The van der Waals surface area contributed by atoms with E-state index in [9.17, 15) is 19.0 Å². The van der Waals surface area contributed by atoms with Crippen LogP contribution in [0, 0.1) is 11.8 Å². The molecule has 0 aliphatic carbocycles. The Hall–Kier alpha value is -1.49. The van der Waals surface area contributed by atoms with Gasteiger partial charge in [-0.1, -0.05) is 0 Å². The van der Waals surface area contributed by atoms with E-state index < -0.39 is 19.1 Å². The number of hydrogen-bond donors (Lipinski definition) is 3. The summed E-state index contributed by atoms with van der Waals surface area (Å²) in [5.41, 5.74) is 0. The fourth-order valence-electron chi connectivity index (χ4n) is 4.59. The van der Waals surface area contributed by atoms with Crippen molar-refractivity contribution < 1.29 is 29.1 Å². The fraction of sp³-hybridized carbons (Fsp3) is 0.800. The van der Waals surface area contributed by atoms with Crippen LogP contribution in [-0.4, -0.2) is 97.6 Å². The molecule has 3 N–H and O–H groups in total. The number of hydrogen-bond acceptors (Lipinski definition) is 8. The number of nitrogens with zero attached hydrogens (tertiary/aromatic N) is 2. The van der Waals surface area contributed by atoms with Gasteiger partial charge in [-0.3, -0.25) is 0 Å². The van der Waals surface area contributed by atoms with E-state index in [2.05, 4.69) is 11.8 Å². The SMILES string of the molecule is C=CCC1C[C@@H](C(C)=O)N(CB=O)C1.CB(O)NCCCC1C[C@@H](C(=O)O)N(CB=O)C1. The molecule has 2 heterocycles. The Morgan fingerprint density at radius 2 is 1.69 bits per heavy atom. The molecule has 2 fully saturated rings. The second-order valence-electron chi connectivity index (χ2n) is 8.72. The van der Waals surface area contributed by atoms with E-state index in [4.69, 9.17) is 10.1 Å². The number of likely N-dealkylation sites (tertiary alicyclic amines) is 2. The van der Waals surface area contributed by atoms with Crippen LogP contribution in [0.1, 0.15) is 39.0 Å². The number of aliphatic carboxylic acids is 1. The van der Waals surface area contributed by atoms with E-state index in [0.29, 0.717) is 31.2 Å². The third kappa shape index (κ3) is 9.98. The molecular formula is C20H36B3N3O6. The molecular weight excluding hydrogens is 411 g/mol. The molecule has 176 valence electrons. The van der Waals surface area contributed by atoms with Crippen molar-refractivity contribution in [2.45, 2.75) is 57.9 Å². The molecule has 2 rings (SSSR count). The van der Waals surface area contributed by atoms with E-state index in [0.717, 1.165) is 53.1 Å². The van der Waals surface area contributed by atoms with Gasteiger partial charge in [0, 0.05) is 0 Å². The monoisotopic (exact) mass is 447 g/mol. The summed E-state index contributed by atoms with van der Waals surface area (Å²) in [5, 5.41) is 21.0. The molecule has 2 aliphatic rings. The molecule has 4 atom stereocenters. The zero-order valence-corrected chi connectivity index (χ0v) is 19.3. The van der Waals surface area contributed by atoms with Crippen molar-refractivity contribution in [3.8, 4) is 0 Å². The normalized spacial score (nSPS) is 25.3. The molecule has 0 aromatic heterocycles. The average Bonchev–Trinajstić information content (AvgIpc) is 3.31. The predicted octanol–water partition coefficient (Wildman–Crippen LogP) is 0.0980. The second kappa shape index (κ2) is 15.4. The maximum absolute atomic E-state index is 11.3. The third-order valence-electron chi connectivity index (χ3n) is 6.08. The first-order valence-corrected chi connectivity index (χ1v) is 11.3. The standard InChI is InChI=1S/C10H20B2N2O4.C10H16BNO2/c1-12(18)13-4-2-3-8-5-9(10(15)16)14(6-8)7-11-17;1-3-4-9-5-10(8(2)13)12(6-9)7-11-14/h8-9,13,18H,2-7H2,1H3,(H,15,16);3,9-10H,1,4-7H2,2H3/t8?,9-;9?,10-/m00/s1. The number of ketones is 1. The van der Waals surface area contributed by atoms with Crippen LogP contribution in [0.4, 0.5) is 0 Å². The van der Waals surface area contributed by atoms with Gasteiger partial charge in [0.1, 0.15) is 0 Å². The van der Waals surface area contributed by atoms with Crippen LogP contribution in [-0.2, 0) is 19.0 Å². The van der Waals surface area contributed by atoms with Gasteiger partial charge >= 0.3 is 192 Å². The first kappa shape index (κ1) is 28.5. The summed E-state index contributed by atoms with van der Waals surface area (Å²) in [6.45, 7) is 9.19. The minimum absolute atomic E-state index is 0.0508. The molecule has 0 saturated carbocycles. The quantitative estimate of drug-likeness (QED) is 0.205. The number of carbonyl (C=O) groups excluding carboxylic acids is 1. The Labute approximate surface area is 192 Å². The summed E-state index contributed by atoms with van der Waals surface area (Å²) in [7, 11) is 1.12. The van der Waals surface area contributed by atoms with Gasteiger partial charge in [0.2, 0.25) is 0 Å². The Bertz CT molecular complexity index is 640. The molecule has 0 radical (unpaired) electrons. The van der Waals surface area contributed by atoms with Crippen LogP contribution >= 0.6 is 0 Å². The van der Waals surface area contributed by atoms with E-state index in [1.54, 1.807) is 18.6 Å². The van der Waals surface area contributed by atoms with Crippen molar-refractivity contribution in [3.05, 3.63) is 12.7 Å². The first-order valence-electron chi connectivity index (χ1n) is 11.3. The van der Waals surface area contributed by atoms with Gasteiger partial charge < -0.3 is 0 Å². The van der Waals surface area contributed by atoms with Crippen molar-refractivity contribution in [2.75, 3.05) is 32.5 Å². The number of carboxylic acids is 1. The van der Waals surface area contributed by atoms with Crippen LogP contribution in [0.5, 0.6) is 0 Å². The van der Waals surface area contributed by atoms with Crippen LogP contribution in [0.25, 0.3) is 0 Å². The summed E-state index contributed by atoms with van der Waals surface area (Å²) in [5.74, 6) is 0.128. The number of allylic oxidation sites excluding steroid dienone is 1. The minimum atomic E-state index is -0.846. The molecule has 2 unspecified atom stereocenters. The van der Waals surface area contributed by atoms with Gasteiger partial charge in [-0.05, 0) is 0 Å². The molecule has 0 bridgehead atoms. The molecule has 0 aromatic carbocycles. The van der Waals surface area contributed by atoms with E-state index in [1.807, 2.05) is 11.0 Å². The number of rotatable bonds is 13. The number of nitrogens with one attached hydrogen (secondary N) is 1. The molecule has 0 spiro atoms. The summed E-state index contributed by atoms with van der Waals surface area (Å²) in [6, 6.07) is -0.574. The average molecular weight is 447 g/mol. The van der Waals surface area contributed by atoms with Gasteiger partial charge in [-0.15, -0.1) is 0 Å². The number of carbonyl (C=O) groups is 2. The molecule has 12 heteroatoms. The Morgan fingerprint density at radius 1 is 1.12 bits per heavy atom. The predicted molar refractivity (Wildman–Crippen MR) is 124 cm³/mol. The van der Waals surface area contributed by atoms with Crippen LogP contribution in [0.2, 0.25) is 6.82 Å². The zero-order chi connectivity index (χ0) is 24.1. The van der Waals surface area contributed by atoms with Crippen molar-refractivity contribution in [2.24, 2.45) is 11.8 Å². The molecule has 2 aliphatic heterocycles. The second-order valence-corrected chi connectivity index (χ2v) is 8.72. The third-order valence-corrected chi connectivity index (χ3v) is 6.08. The summed E-state index contributed by atoms with van der Waals surface area (Å²) < 4.78 is 20.9. The maximum atomic E-state index is 11.3. The molecule has 0 amide bonds. The summed E-state index contributed by atoms with van der Waals surface area (Å²) in [4.78, 5) is 26.0. The van der Waals surface area contributed by atoms with Gasteiger partial charge in [-0.2, -0.15) is 0 Å². The van der Waals surface area contributed by atoms with Crippen LogP contribution < -0.4 is 5.23 Å². The van der Waals surface area contributed by atoms with E-state index >= 15 is 0 Å². The van der Waals surface area contributed by atoms with E-state index in [1.165, 1.54) is 0 Å². The molecule has 9 nitrogen and oxygen atoms in total. The van der Waals surface area contributed by atoms with Crippen LogP contribution in [0.15, 0.2) is 12.7 Å². The van der Waals surface area contributed by atoms with Crippen LogP contribution in [0.3, 0.4) is 0 Å². The van der Waals surface area contributed by atoms with E-state index in [-0.39, 0.29) is 18.3 Å². The topological polar surface area (TPSA) is 127 Å². The molecule has 0 aromatic rings. The summed E-state index contributed by atoms with van der Waals surface area (Å²) >= 11 is 0. The Kier molecular flexibility index (Phi) is 13.7. The van der Waals surface area contributed by atoms with Gasteiger partial charge in [0.25, 0.3) is 0 Å². The Balaban J connectivity index is 0.000000330. The molecule has 2 saturated heterocycles. The van der Waals surface area contributed by atoms with Gasteiger partial charge in [0.05, 0.1) is 0 Å². The fourth-order valence-corrected chi connectivity index (χ4v) is 4.59. The van der Waals surface area contributed by atoms with Gasteiger partial charge in [-0.25, -0.2) is 0 Å². The van der Waals surface area contributed by atoms with Crippen molar-refractivity contribution in [1.82, 2.24) is 15.0 Å². The Morgan fingerprint density at radius 3 is 2.19 bits per heavy atom.